The van der Waals surface area contributed by atoms with E-state index in [2.05, 4.69) is 29.7 Å². The van der Waals surface area contributed by atoms with Crippen molar-refractivity contribution in [3.63, 3.8) is 0 Å². The summed E-state index contributed by atoms with van der Waals surface area (Å²) < 4.78 is 0. The minimum Gasteiger partial charge on any atom is -0.354 e. The Kier molecular flexibility index (Phi) is 4.59. The fraction of sp³-hybridized carbons (Fsp3) is 0.562. The van der Waals surface area contributed by atoms with Crippen molar-refractivity contribution < 1.29 is 4.79 Å². The molecule has 1 atom stereocenters. The zero-order valence-corrected chi connectivity index (χ0v) is 11.9. The van der Waals surface area contributed by atoms with Crippen LogP contribution in [0.1, 0.15) is 31.7 Å². The van der Waals surface area contributed by atoms with Crippen LogP contribution in [0, 0.1) is 5.41 Å². The van der Waals surface area contributed by atoms with Gasteiger partial charge >= 0.3 is 0 Å². The summed E-state index contributed by atoms with van der Waals surface area (Å²) in [6.45, 7) is 2.77. The van der Waals surface area contributed by atoms with Crippen molar-refractivity contribution >= 4 is 5.91 Å². The Balaban J connectivity index is 1.96. The van der Waals surface area contributed by atoms with Crippen molar-refractivity contribution in [3.8, 4) is 0 Å². The summed E-state index contributed by atoms with van der Waals surface area (Å²) in [5, 5.41) is 6.24. The molecule has 2 rings (SSSR count). The minimum atomic E-state index is -0.158. The van der Waals surface area contributed by atoms with E-state index >= 15 is 0 Å². The quantitative estimate of drug-likeness (QED) is 0.822. The lowest BCUT2D eigenvalue weighted by Crippen LogP contribution is -2.49. The minimum absolute atomic E-state index is 0.158. The van der Waals surface area contributed by atoms with Crippen molar-refractivity contribution in [2.24, 2.45) is 5.41 Å². The van der Waals surface area contributed by atoms with Crippen molar-refractivity contribution in [3.05, 3.63) is 35.9 Å². The Labute approximate surface area is 115 Å². The number of likely N-dealkylation sites (N-methyl/N-ethyl adjacent to an activating group) is 1. The van der Waals surface area contributed by atoms with Crippen LogP contribution in [0.5, 0.6) is 0 Å². The van der Waals surface area contributed by atoms with Crippen molar-refractivity contribution in [1.29, 1.82) is 0 Å². The van der Waals surface area contributed by atoms with Gasteiger partial charge in [0.15, 0.2) is 0 Å². The second kappa shape index (κ2) is 6.20. The van der Waals surface area contributed by atoms with Crippen LogP contribution in [-0.2, 0) is 11.2 Å². The van der Waals surface area contributed by atoms with Gasteiger partial charge in [0.25, 0.3) is 0 Å². The molecule has 0 aromatic heterocycles. The SMILES string of the molecule is CNC(C)CNC(=O)C1(Cc2ccccc2)CCC1. The third-order valence-corrected chi connectivity index (χ3v) is 4.24. The van der Waals surface area contributed by atoms with E-state index in [1.807, 2.05) is 25.2 Å². The summed E-state index contributed by atoms with van der Waals surface area (Å²) in [4.78, 5) is 12.4. The van der Waals surface area contributed by atoms with Crippen LogP contribution in [0.25, 0.3) is 0 Å². The highest BCUT2D eigenvalue weighted by molar-refractivity contribution is 5.83. The Morgan fingerprint density at radius 1 is 1.32 bits per heavy atom. The van der Waals surface area contributed by atoms with Gasteiger partial charge in [-0.15, -0.1) is 0 Å². The first-order valence-electron chi connectivity index (χ1n) is 7.16. The van der Waals surface area contributed by atoms with E-state index < -0.39 is 0 Å². The summed E-state index contributed by atoms with van der Waals surface area (Å²) in [6.07, 6.45) is 4.07. The molecule has 1 aromatic carbocycles. The predicted molar refractivity (Wildman–Crippen MR) is 78.0 cm³/mol. The third-order valence-electron chi connectivity index (χ3n) is 4.24. The van der Waals surface area contributed by atoms with Gasteiger partial charge in [-0.3, -0.25) is 4.79 Å². The number of carbonyl (C=O) groups is 1. The monoisotopic (exact) mass is 260 g/mol. The molecule has 3 nitrogen and oxygen atoms in total. The van der Waals surface area contributed by atoms with E-state index in [1.165, 1.54) is 12.0 Å². The van der Waals surface area contributed by atoms with Gasteiger partial charge in [-0.05, 0) is 38.8 Å². The number of hydrogen-bond acceptors (Lipinski definition) is 2. The van der Waals surface area contributed by atoms with Crippen molar-refractivity contribution in [2.45, 2.75) is 38.6 Å². The first-order chi connectivity index (χ1) is 9.16. The fourth-order valence-corrected chi connectivity index (χ4v) is 2.61. The zero-order chi connectivity index (χ0) is 13.7. The first-order valence-corrected chi connectivity index (χ1v) is 7.16. The lowest BCUT2D eigenvalue weighted by Gasteiger charge is -2.40. The summed E-state index contributed by atoms with van der Waals surface area (Å²) in [5.41, 5.74) is 1.11. The molecule has 1 amide bonds. The molecule has 1 saturated carbocycles. The van der Waals surface area contributed by atoms with Gasteiger partial charge in [-0.1, -0.05) is 36.8 Å². The van der Waals surface area contributed by atoms with E-state index in [1.54, 1.807) is 0 Å². The van der Waals surface area contributed by atoms with Crippen LogP contribution < -0.4 is 10.6 Å². The van der Waals surface area contributed by atoms with Gasteiger partial charge in [0, 0.05) is 12.6 Å². The molecule has 2 N–H and O–H groups in total. The summed E-state index contributed by atoms with van der Waals surface area (Å²) in [6, 6.07) is 10.7. The number of benzene rings is 1. The maximum absolute atomic E-state index is 12.4. The molecule has 1 unspecified atom stereocenters. The number of amides is 1. The molecular formula is C16H24N2O. The average molecular weight is 260 g/mol. The molecule has 0 heterocycles. The molecule has 1 aromatic rings. The van der Waals surface area contributed by atoms with Crippen LogP contribution in [0.2, 0.25) is 0 Å². The average Bonchev–Trinajstić information content (AvgIpc) is 2.41. The molecule has 1 aliphatic carbocycles. The molecular weight excluding hydrogens is 236 g/mol. The van der Waals surface area contributed by atoms with Gasteiger partial charge in [0.2, 0.25) is 5.91 Å². The van der Waals surface area contributed by atoms with Gasteiger partial charge in [-0.25, -0.2) is 0 Å². The third kappa shape index (κ3) is 3.35. The highest BCUT2D eigenvalue weighted by Gasteiger charge is 2.43. The Bertz CT molecular complexity index is 412. The largest absolute Gasteiger partial charge is 0.354 e. The summed E-state index contributed by atoms with van der Waals surface area (Å²) in [7, 11) is 1.92. The molecule has 1 fully saturated rings. The Morgan fingerprint density at radius 3 is 2.53 bits per heavy atom. The van der Waals surface area contributed by atoms with E-state index in [0.717, 1.165) is 19.3 Å². The van der Waals surface area contributed by atoms with Crippen molar-refractivity contribution in [2.75, 3.05) is 13.6 Å². The molecule has 1 aliphatic rings. The number of nitrogens with one attached hydrogen (secondary N) is 2. The van der Waals surface area contributed by atoms with Crippen LogP contribution in [0.3, 0.4) is 0 Å². The fourth-order valence-electron chi connectivity index (χ4n) is 2.61. The molecule has 0 spiro atoms. The Hall–Kier alpha value is -1.35. The number of carbonyl (C=O) groups excluding carboxylic acids is 1. The maximum Gasteiger partial charge on any atom is 0.226 e. The molecule has 3 heteroatoms. The molecule has 19 heavy (non-hydrogen) atoms. The van der Waals surface area contributed by atoms with Gasteiger partial charge in [0.1, 0.15) is 0 Å². The second-order valence-electron chi connectivity index (χ2n) is 5.70. The van der Waals surface area contributed by atoms with E-state index in [0.29, 0.717) is 12.6 Å². The summed E-state index contributed by atoms with van der Waals surface area (Å²) >= 11 is 0. The molecule has 0 saturated heterocycles. The molecule has 0 bridgehead atoms. The normalized spacial score (nSPS) is 18.4. The highest BCUT2D eigenvalue weighted by Crippen LogP contribution is 2.43. The predicted octanol–water partition coefficient (Wildman–Crippen LogP) is 2.12. The standard InChI is InChI=1S/C16H24N2O/c1-13(17-2)12-18-15(19)16(9-6-10-16)11-14-7-4-3-5-8-14/h3-5,7-8,13,17H,6,9-12H2,1-2H3,(H,18,19). The second-order valence-corrected chi connectivity index (χ2v) is 5.70. The van der Waals surface area contributed by atoms with Gasteiger partial charge in [-0.2, -0.15) is 0 Å². The molecule has 0 aliphatic heterocycles. The molecule has 104 valence electrons. The van der Waals surface area contributed by atoms with E-state index in [4.69, 9.17) is 0 Å². The van der Waals surface area contributed by atoms with Crippen LogP contribution in [0.4, 0.5) is 0 Å². The molecule has 0 radical (unpaired) electrons. The lowest BCUT2D eigenvalue weighted by atomic mass is 9.64. The van der Waals surface area contributed by atoms with Crippen molar-refractivity contribution in [1.82, 2.24) is 10.6 Å². The summed E-state index contributed by atoms with van der Waals surface area (Å²) in [5.74, 6) is 0.227. The van der Waals surface area contributed by atoms with Gasteiger partial charge in [0.05, 0.1) is 5.41 Å². The lowest BCUT2D eigenvalue weighted by molar-refractivity contribution is -0.136. The number of hydrogen-bond donors (Lipinski definition) is 2. The van der Waals surface area contributed by atoms with Crippen LogP contribution in [0.15, 0.2) is 30.3 Å². The van der Waals surface area contributed by atoms with Crippen LogP contribution >= 0.6 is 0 Å². The zero-order valence-electron chi connectivity index (χ0n) is 11.9. The van der Waals surface area contributed by atoms with Crippen LogP contribution in [-0.4, -0.2) is 25.5 Å². The van der Waals surface area contributed by atoms with Gasteiger partial charge < -0.3 is 10.6 Å². The van der Waals surface area contributed by atoms with E-state index in [9.17, 15) is 4.79 Å². The maximum atomic E-state index is 12.4. The van der Waals surface area contributed by atoms with E-state index in [-0.39, 0.29) is 11.3 Å². The number of rotatable bonds is 6. The first kappa shape index (κ1) is 14.1. The highest BCUT2D eigenvalue weighted by atomic mass is 16.2. The smallest absolute Gasteiger partial charge is 0.226 e. The Morgan fingerprint density at radius 2 is 2.00 bits per heavy atom. The topological polar surface area (TPSA) is 41.1 Å².